The Bertz CT molecular complexity index is 808. The minimum absolute atomic E-state index is 0.110. The van der Waals surface area contributed by atoms with Crippen molar-refractivity contribution in [3.63, 3.8) is 0 Å². The van der Waals surface area contributed by atoms with E-state index in [2.05, 4.69) is 35.6 Å². The van der Waals surface area contributed by atoms with Crippen molar-refractivity contribution >= 4 is 17.0 Å². The SMILES string of the molecule is C=C(C[C@@H](Cc1ccc(-c2ccccc2)cc1)N[S@](=O)C(C)(C)C)C(=O)O. The summed E-state index contributed by atoms with van der Waals surface area (Å²) in [6.45, 7) is 9.27. The van der Waals surface area contributed by atoms with Gasteiger partial charge >= 0.3 is 5.97 Å². The van der Waals surface area contributed by atoms with E-state index in [0.29, 0.717) is 6.42 Å². The van der Waals surface area contributed by atoms with Crippen LogP contribution < -0.4 is 4.72 Å². The lowest BCUT2D eigenvalue weighted by Crippen LogP contribution is -2.41. The number of benzene rings is 2. The van der Waals surface area contributed by atoms with Crippen molar-refractivity contribution in [3.05, 3.63) is 72.3 Å². The Labute approximate surface area is 163 Å². The summed E-state index contributed by atoms with van der Waals surface area (Å²) in [5.41, 5.74) is 3.43. The number of nitrogens with one attached hydrogen (secondary N) is 1. The predicted molar refractivity (Wildman–Crippen MR) is 112 cm³/mol. The van der Waals surface area contributed by atoms with Crippen LogP contribution in [0.1, 0.15) is 32.8 Å². The van der Waals surface area contributed by atoms with Crippen molar-refractivity contribution in [3.8, 4) is 11.1 Å². The van der Waals surface area contributed by atoms with Gasteiger partial charge in [0.25, 0.3) is 0 Å². The lowest BCUT2D eigenvalue weighted by atomic mass is 9.98. The van der Waals surface area contributed by atoms with Crippen LogP contribution >= 0.6 is 0 Å². The van der Waals surface area contributed by atoms with Crippen LogP contribution in [0.3, 0.4) is 0 Å². The fourth-order valence-electron chi connectivity index (χ4n) is 2.62. The van der Waals surface area contributed by atoms with Crippen molar-refractivity contribution in [1.82, 2.24) is 4.72 Å². The molecule has 0 fully saturated rings. The van der Waals surface area contributed by atoms with Crippen LogP contribution in [0, 0.1) is 0 Å². The van der Waals surface area contributed by atoms with Crippen LogP contribution in [0.25, 0.3) is 11.1 Å². The van der Waals surface area contributed by atoms with Crippen LogP contribution in [0.15, 0.2) is 66.7 Å². The second-order valence-electron chi connectivity index (χ2n) is 7.58. The second kappa shape index (κ2) is 9.11. The van der Waals surface area contributed by atoms with Gasteiger partial charge in [-0.25, -0.2) is 13.7 Å². The average molecular weight is 386 g/mol. The number of carbonyl (C=O) groups is 1. The molecule has 0 radical (unpaired) electrons. The van der Waals surface area contributed by atoms with Gasteiger partial charge in [0.1, 0.15) is 0 Å². The molecule has 2 N–H and O–H groups in total. The highest BCUT2D eigenvalue weighted by molar-refractivity contribution is 7.84. The first-order chi connectivity index (χ1) is 12.7. The summed E-state index contributed by atoms with van der Waals surface area (Å²) >= 11 is 0. The molecule has 2 rings (SSSR count). The molecule has 0 heterocycles. The maximum absolute atomic E-state index is 12.5. The molecule has 0 aromatic heterocycles. The molecule has 0 aliphatic heterocycles. The highest BCUT2D eigenvalue weighted by atomic mass is 32.2. The van der Waals surface area contributed by atoms with Gasteiger partial charge in [-0.05, 0) is 50.3 Å². The van der Waals surface area contributed by atoms with Crippen molar-refractivity contribution in [2.45, 2.75) is 44.4 Å². The van der Waals surface area contributed by atoms with E-state index in [1.807, 2.05) is 51.1 Å². The summed E-state index contributed by atoms with van der Waals surface area (Å²) in [4.78, 5) is 11.2. The normalized spacial score (nSPS) is 13.7. The number of hydrogen-bond acceptors (Lipinski definition) is 2. The Kier molecular flexibility index (Phi) is 7.11. The number of hydrogen-bond donors (Lipinski definition) is 2. The Morgan fingerprint density at radius 2 is 1.63 bits per heavy atom. The first kappa shape index (κ1) is 21.1. The Balaban J connectivity index is 2.14. The van der Waals surface area contributed by atoms with Gasteiger partial charge in [-0.2, -0.15) is 0 Å². The first-order valence-electron chi connectivity index (χ1n) is 8.90. The van der Waals surface area contributed by atoms with Crippen molar-refractivity contribution in [2.24, 2.45) is 0 Å². The fraction of sp³-hybridized carbons (Fsp3) is 0.318. The van der Waals surface area contributed by atoms with Gasteiger partial charge in [0, 0.05) is 11.6 Å². The summed E-state index contributed by atoms with van der Waals surface area (Å²) in [7, 11) is -1.29. The van der Waals surface area contributed by atoms with Gasteiger partial charge in [0.05, 0.1) is 15.7 Å². The van der Waals surface area contributed by atoms with Crippen LogP contribution in [-0.2, 0) is 22.2 Å². The Morgan fingerprint density at radius 1 is 1.07 bits per heavy atom. The molecule has 2 aromatic rings. The Hall–Kier alpha value is -2.24. The first-order valence-corrected chi connectivity index (χ1v) is 10.1. The van der Waals surface area contributed by atoms with Crippen molar-refractivity contribution in [2.75, 3.05) is 0 Å². The molecule has 0 aliphatic carbocycles. The van der Waals surface area contributed by atoms with Gasteiger partial charge in [-0.1, -0.05) is 61.2 Å². The lowest BCUT2D eigenvalue weighted by Gasteiger charge is -2.24. The summed E-state index contributed by atoms with van der Waals surface area (Å²) in [6, 6.07) is 18.0. The molecule has 0 bridgehead atoms. The maximum Gasteiger partial charge on any atom is 0.331 e. The van der Waals surface area contributed by atoms with Crippen LogP contribution in [0.4, 0.5) is 0 Å². The predicted octanol–water partition coefficient (Wildman–Crippen LogP) is 4.35. The standard InChI is InChI=1S/C22H27NO3S/c1-16(21(24)25)14-20(23-27(26)22(2,3)4)15-17-10-12-19(13-11-17)18-8-6-5-7-9-18/h5-13,20,23H,1,14-15H2,2-4H3,(H,24,25)/t20-,27+/m0/s1. The lowest BCUT2D eigenvalue weighted by molar-refractivity contribution is -0.132. The zero-order valence-corrected chi connectivity index (χ0v) is 16.9. The van der Waals surface area contributed by atoms with E-state index in [4.69, 9.17) is 5.11 Å². The van der Waals surface area contributed by atoms with E-state index in [-0.39, 0.29) is 18.0 Å². The molecule has 2 atom stereocenters. The highest BCUT2D eigenvalue weighted by Gasteiger charge is 2.24. The topological polar surface area (TPSA) is 66.4 Å². The monoisotopic (exact) mass is 385 g/mol. The highest BCUT2D eigenvalue weighted by Crippen LogP contribution is 2.21. The summed E-state index contributed by atoms with van der Waals surface area (Å²) < 4.78 is 15.1. The molecule has 27 heavy (non-hydrogen) atoms. The van der Waals surface area contributed by atoms with E-state index in [1.165, 1.54) is 0 Å². The molecule has 0 saturated heterocycles. The fourth-order valence-corrected chi connectivity index (χ4v) is 3.44. The van der Waals surface area contributed by atoms with E-state index < -0.39 is 21.7 Å². The minimum Gasteiger partial charge on any atom is -0.478 e. The molecule has 0 amide bonds. The van der Waals surface area contributed by atoms with Crippen molar-refractivity contribution in [1.29, 1.82) is 0 Å². The third-order valence-corrected chi connectivity index (χ3v) is 5.83. The number of carboxylic acids is 1. The molecule has 0 saturated carbocycles. The van der Waals surface area contributed by atoms with Gasteiger partial charge in [0.2, 0.25) is 0 Å². The number of rotatable bonds is 8. The third-order valence-electron chi connectivity index (χ3n) is 4.17. The summed E-state index contributed by atoms with van der Waals surface area (Å²) in [5.74, 6) is -1.03. The largest absolute Gasteiger partial charge is 0.478 e. The molecule has 0 aliphatic rings. The summed E-state index contributed by atoms with van der Waals surface area (Å²) in [5, 5.41) is 9.15. The zero-order chi connectivity index (χ0) is 20.0. The number of aliphatic carboxylic acids is 1. The smallest absolute Gasteiger partial charge is 0.331 e. The van der Waals surface area contributed by atoms with E-state index in [9.17, 15) is 9.00 Å². The second-order valence-corrected chi connectivity index (χ2v) is 9.57. The molecular weight excluding hydrogens is 358 g/mol. The van der Waals surface area contributed by atoms with Crippen LogP contribution in [-0.4, -0.2) is 26.1 Å². The minimum atomic E-state index is -1.29. The van der Waals surface area contributed by atoms with Crippen LogP contribution in [0.2, 0.25) is 0 Å². The van der Waals surface area contributed by atoms with Crippen LogP contribution in [0.5, 0.6) is 0 Å². The van der Waals surface area contributed by atoms with Gasteiger partial charge in [-0.3, -0.25) is 0 Å². The maximum atomic E-state index is 12.5. The van der Waals surface area contributed by atoms with E-state index in [0.717, 1.165) is 16.7 Å². The molecule has 0 unspecified atom stereocenters. The van der Waals surface area contributed by atoms with Crippen molar-refractivity contribution < 1.29 is 14.1 Å². The molecule has 144 valence electrons. The van der Waals surface area contributed by atoms with Gasteiger partial charge < -0.3 is 5.11 Å². The third kappa shape index (κ3) is 6.45. The number of carboxylic acid groups (broad SMARTS) is 1. The molecular formula is C22H27NO3S. The molecule has 4 nitrogen and oxygen atoms in total. The average Bonchev–Trinajstić information content (AvgIpc) is 2.62. The van der Waals surface area contributed by atoms with Gasteiger partial charge in [0.15, 0.2) is 0 Å². The summed E-state index contributed by atoms with van der Waals surface area (Å²) in [6.07, 6.45) is 0.806. The molecule has 2 aromatic carbocycles. The zero-order valence-electron chi connectivity index (χ0n) is 16.1. The van der Waals surface area contributed by atoms with E-state index in [1.54, 1.807) is 0 Å². The quantitative estimate of drug-likeness (QED) is 0.664. The van der Waals surface area contributed by atoms with E-state index >= 15 is 0 Å². The Morgan fingerprint density at radius 3 is 2.15 bits per heavy atom. The molecule has 0 spiro atoms. The van der Waals surface area contributed by atoms with Gasteiger partial charge in [-0.15, -0.1) is 0 Å². The molecule has 5 heteroatoms.